The van der Waals surface area contributed by atoms with E-state index in [1.54, 1.807) is 12.1 Å². The van der Waals surface area contributed by atoms with Gasteiger partial charge >= 0.3 is 11.9 Å². The minimum atomic E-state index is -1.29. The SMILES string of the molecule is Nc1nc2c(c(=O)[nH]1)C(=CCc1ccc(C(=O)N[C@@H](CCC(=O)O)C(=O)O)s1)CC2. The number of aromatic amines is 1. The van der Waals surface area contributed by atoms with Gasteiger partial charge in [0, 0.05) is 17.7 Å². The number of allylic oxidation sites excluding steroid dienone is 2. The fourth-order valence-corrected chi connectivity index (χ4v) is 4.09. The van der Waals surface area contributed by atoms with Crippen LogP contribution in [0.3, 0.4) is 0 Å². The molecule has 1 atom stereocenters. The summed E-state index contributed by atoms with van der Waals surface area (Å²) in [5, 5.41) is 20.2. The monoisotopic (exact) mass is 432 g/mol. The molecule has 0 aromatic carbocycles. The highest BCUT2D eigenvalue weighted by Crippen LogP contribution is 2.29. The van der Waals surface area contributed by atoms with Crippen molar-refractivity contribution in [3.05, 3.63) is 49.6 Å². The maximum absolute atomic E-state index is 12.3. The number of carbonyl (C=O) groups is 3. The normalized spacial score (nSPS) is 15.0. The molecule has 2 aromatic rings. The Morgan fingerprint density at radius 3 is 2.77 bits per heavy atom. The number of nitrogens with zero attached hydrogens (tertiary/aromatic N) is 1. The molecule has 11 heteroatoms. The van der Waals surface area contributed by atoms with Gasteiger partial charge in [-0.1, -0.05) is 6.08 Å². The lowest BCUT2D eigenvalue weighted by Gasteiger charge is -2.12. The summed E-state index contributed by atoms with van der Waals surface area (Å²) in [6, 6.07) is 2.06. The van der Waals surface area contributed by atoms with Crippen LogP contribution in [0.4, 0.5) is 5.95 Å². The standard InChI is InChI=1S/C19H20N4O6S/c20-19-22-11-5-2-9(15(11)17(27)23-19)1-3-10-4-7-13(30-10)16(26)21-12(18(28)29)6-8-14(24)25/h1,4,7,12H,2-3,5-6,8H2,(H,21,26)(H,24,25)(H,28,29)(H3,20,22,23,27)/t12-/m0/s1. The van der Waals surface area contributed by atoms with E-state index in [4.69, 9.17) is 15.9 Å². The summed E-state index contributed by atoms with van der Waals surface area (Å²) in [4.78, 5) is 54.2. The Balaban J connectivity index is 1.67. The first-order chi connectivity index (χ1) is 14.2. The van der Waals surface area contributed by atoms with Gasteiger partial charge in [-0.2, -0.15) is 0 Å². The highest BCUT2D eigenvalue weighted by Gasteiger charge is 2.23. The van der Waals surface area contributed by atoms with Gasteiger partial charge in [0.1, 0.15) is 6.04 Å². The van der Waals surface area contributed by atoms with Crippen LogP contribution < -0.4 is 16.6 Å². The lowest BCUT2D eigenvalue weighted by Crippen LogP contribution is -2.40. The van der Waals surface area contributed by atoms with Gasteiger partial charge < -0.3 is 21.3 Å². The second-order valence-electron chi connectivity index (χ2n) is 6.77. The van der Waals surface area contributed by atoms with E-state index >= 15 is 0 Å². The molecule has 0 aliphatic heterocycles. The number of thiophene rings is 1. The van der Waals surface area contributed by atoms with Crippen LogP contribution in [0, 0.1) is 0 Å². The average Bonchev–Trinajstić information content (AvgIpc) is 3.29. The Morgan fingerprint density at radius 1 is 1.30 bits per heavy atom. The number of fused-ring (bicyclic) bond motifs is 1. The first-order valence-corrected chi connectivity index (χ1v) is 9.98. The number of aromatic nitrogens is 2. The summed E-state index contributed by atoms with van der Waals surface area (Å²) in [6.45, 7) is 0. The van der Waals surface area contributed by atoms with Crippen molar-refractivity contribution >= 4 is 40.7 Å². The summed E-state index contributed by atoms with van der Waals surface area (Å²) in [6.07, 6.45) is 3.17. The van der Waals surface area contributed by atoms with Crippen LogP contribution >= 0.6 is 11.3 Å². The van der Waals surface area contributed by atoms with Crippen molar-refractivity contribution in [1.82, 2.24) is 15.3 Å². The van der Waals surface area contributed by atoms with Crippen LogP contribution in [-0.2, 0) is 22.4 Å². The van der Waals surface area contributed by atoms with Crippen LogP contribution in [0.1, 0.15) is 45.1 Å². The van der Waals surface area contributed by atoms with Gasteiger partial charge in [-0.05, 0) is 37.0 Å². The molecule has 1 aliphatic rings. The summed E-state index contributed by atoms with van der Waals surface area (Å²) in [5.74, 6) is -2.89. The molecule has 0 bridgehead atoms. The minimum absolute atomic E-state index is 0.0944. The van der Waals surface area contributed by atoms with E-state index in [9.17, 15) is 19.2 Å². The molecule has 6 N–H and O–H groups in total. The third-order valence-corrected chi connectivity index (χ3v) is 5.76. The molecular formula is C19H20N4O6S. The summed E-state index contributed by atoms with van der Waals surface area (Å²) in [7, 11) is 0. The Kier molecular flexibility index (Phi) is 6.31. The van der Waals surface area contributed by atoms with E-state index in [0.29, 0.717) is 35.4 Å². The van der Waals surface area contributed by atoms with Crippen LogP contribution in [0.25, 0.3) is 5.57 Å². The molecule has 0 saturated heterocycles. The number of carboxylic acid groups (broad SMARTS) is 2. The first-order valence-electron chi connectivity index (χ1n) is 9.17. The Hall–Kier alpha value is -3.47. The van der Waals surface area contributed by atoms with Crippen LogP contribution in [0.15, 0.2) is 23.0 Å². The minimum Gasteiger partial charge on any atom is -0.481 e. The van der Waals surface area contributed by atoms with E-state index in [1.807, 2.05) is 6.08 Å². The molecule has 0 spiro atoms. The molecule has 1 aliphatic carbocycles. The predicted molar refractivity (Wildman–Crippen MR) is 109 cm³/mol. The number of aryl methyl sites for hydroxylation is 1. The van der Waals surface area contributed by atoms with Gasteiger partial charge in [0.2, 0.25) is 5.95 Å². The lowest BCUT2D eigenvalue weighted by molar-refractivity contribution is -0.140. The van der Waals surface area contributed by atoms with Crippen LogP contribution in [0.5, 0.6) is 0 Å². The van der Waals surface area contributed by atoms with Crippen molar-refractivity contribution in [2.24, 2.45) is 0 Å². The molecular weight excluding hydrogens is 412 g/mol. The summed E-state index contributed by atoms with van der Waals surface area (Å²) in [5.41, 5.74) is 7.39. The van der Waals surface area contributed by atoms with E-state index < -0.39 is 23.9 Å². The number of nitrogen functional groups attached to an aromatic ring is 1. The van der Waals surface area contributed by atoms with Gasteiger partial charge in [-0.25, -0.2) is 9.78 Å². The molecule has 2 aromatic heterocycles. The molecule has 0 saturated carbocycles. The van der Waals surface area contributed by atoms with Gasteiger partial charge in [0.25, 0.3) is 11.5 Å². The number of anilines is 1. The third-order valence-electron chi connectivity index (χ3n) is 4.65. The quantitative estimate of drug-likeness (QED) is 0.411. The second-order valence-corrected chi connectivity index (χ2v) is 7.94. The molecule has 3 rings (SSSR count). The van der Waals surface area contributed by atoms with E-state index in [1.165, 1.54) is 11.3 Å². The number of hydrogen-bond acceptors (Lipinski definition) is 7. The molecule has 30 heavy (non-hydrogen) atoms. The van der Waals surface area contributed by atoms with Gasteiger partial charge in [-0.15, -0.1) is 11.3 Å². The third kappa shape index (κ3) is 4.92. The Labute approximate surface area is 174 Å². The molecule has 2 heterocycles. The fourth-order valence-electron chi connectivity index (χ4n) is 3.22. The summed E-state index contributed by atoms with van der Waals surface area (Å²) < 4.78 is 0. The zero-order valence-electron chi connectivity index (χ0n) is 15.8. The first kappa shape index (κ1) is 21.2. The number of amides is 1. The molecule has 10 nitrogen and oxygen atoms in total. The number of carboxylic acids is 2. The zero-order valence-corrected chi connectivity index (χ0v) is 16.6. The maximum atomic E-state index is 12.3. The second kappa shape index (κ2) is 8.91. The number of hydrogen-bond donors (Lipinski definition) is 5. The number of nitrogens with one attached hydrogen (secondary N) is 2. The van der Waals surface area contributed by atoms with Gasteiger partial charge in [0.05, 0.1) is 16.1 Å². The van der Waals surface area contributed by atoms with Crippen molar-refractivity contribution in [1.29, 1.82) is 0 Å². The van der Waals surface area contributed by atoms with E-state index in [-0.39, 0.29) is 24.3 Å². The fraction of sp³-hybridized carbons (Fsp3) is 0.316. The number of nitrogens with two attached hydrogens (primary N) is 1. The zero-order chi connectivity index (χ0) is 21.8. The summed E-state index contributed by atoms with van der Waals surface area (Å²) >= 11 is 1.20. The number of rotatable bonds is 8. The highest BCUT2D eigenvalue weighted by molar-refractivity contribution is 7.14. The number of aliphatic carboxylic acids is 2. The van der Waals surface area contributed by atoms with Crippen LogP contribution in [0.2, 0.25) is 0 Å². The largest absolute Gasteiger partial charge is 0.481 e. The van der Waals surface area contributed by atoms with Crippen molar-refractivity contribution in [3.63, 3.8) is 0 Å². The topological polar surface area (TPSA) is 175 Å². The van der Waals surface area contributed by atoms with Crippen LogP contribution in [-0.4, -0.2) is 44.1 Å². The number of carbonyl (C=O) groups excluding carboxylic acids is 1. The van der Waals surface area contributed by atoms with Crippen molar-refractivity contribution < 1.29 is 24.6 Å². The molecule has 0 radical (unpaired) electrons. The smallest absolute Gasteiger partial charge is 0.326 e. The Bertz CT molecular complexity index is 1090. The molecule has 0 unspecified atom stereocenters. The number of H-pyrrole nitrogens is 1. The van der Waals surface area contributed by atoms with Crippen molar-refractivity contribution in [2.45, 2.75) is 38.1 Å². The van der Waals surface area contributed by atoms with Gasteiger partial charge in [-0.3, -0.25) is 19.4 Å². The van der Waals surface area contributed by atoms with E-state index in [2.05, 4.69) is 15.3 Å². The van der Waals surface area contributed by atoms with Crippen molar-refractivity contribution in [3.8, 4) is 0 Å². The Morgan fingerprint density at radius 2 is 2.07 bits per heavy atom. The predicted octanol–water partition coefficient (Wildman–Crippen LogP) is 1.03. The molecule has 1 amide bonds. The highest BCUT2D eigenvalue weighted by atomic mass is 32.1. The van der Waals surface area contributed by atoms with Gasteiger partial charge in [0.15, 0.2) is 0 Å². The average molecular weight is 432 g/mol. The maximum Gasteiger partial charge on any atom is 0.326 e. The lowest BCUT2D eigenvalue weighted by atomic mass is 10.1. The van der Waals surface area contributed by atoms with E-state index in [0.717, 1.165) is 10.5 Å². The van der Waals surface area contributed by atoms with Crippen molar-refractivity contribution in [2.75, 3.05) is 5.73 Å². The molecule has 158 valence electrons. The molecule has 0 fully saturated rings.